The van der Waals surface area contributed by atoms with Crippen LogP contribution in [0.4, 0.5) is 14.9 Å². The first-order chi connectivity index (χ1) is 16.0. The van der Waals surface area contributed by atoms with Crippen LogP contribution in [0.2, 0.25) is 10.0 Å². The molecule has 0 aliphatic carbocycles. The quantitative estimate of drug-likeness (QED) is 0.347. The van der Waals surface area contributed by atoms with Gasteiger partial charge in [0.2, 0.25) is 5.91 Å². The molecule has 0 saturated carbocycles. The van der Waals surface area contributed by atoms with Gasteiger partial charge in [-0.15, -0.1) is 0 Å². The summed E-state index contributed by atoms with van der Waals surface area (Å²) in [6.07, 6.45) is 0.538. The molecule has 1 unspecified atom stereocenters. The molecule has 0 bridgehead atoms. The highest BCUT2D eigenvalue weighted by molar-refractivity contribution is 6.31. The smallest absolute Gasteiger partial charge is 0.480 e. The van der Waals surface area contributed by atoms with Crippen molar-refractivity contribution in [1.29, 1.82) is 0 Å². The number of fused-ring (bicyclic) bond motifs is 1. The van der Waals surface area contributed by atoms with Crippen molar-refractivity contribution in [2.75, 3.05) is 18.0 Å². The van der Waals surface area contributed by atoms with Gasteiger partial charge in [-0.05, 0) is 42.8 Å². The number of hydrogen-bond donors (Lipinski definition) is 1. The molecule has 2 aromatic carbocycles. The van der Waals surface area contributed by atoms with E-state index in [1.54, 1.807) is 6.92 Å². The monoisotopic (exact) mass is 508 g/mol. The van der Waals surface area contributed by atoms with Crippen LogP contribution in [0, 0.1) is 5.82 Å². The third-order valence-corrected chi connectivity index (χ3v) is 5.71. The predicted molar refractivity (Wildman–Crippen MR) is 124 cm³/mol. The number of carbonyl (C=O) groups excluding carboxylic acids is 3. The highest BCUT2D eigenvalue weighted by atomic mass is 35.5. The minimum Gasteiger partial charge on any atom is -0.480 e. The lowest BCUT2D eigenvalue weighted by Crippen LogP contribution is -2.46. The van der Waals surface area contributed by atoms with Gasteiger partial charge in [0, 0.05) is 26.9 Å². The Morgan fingerprint density at radius 2 is 1.82 bits per heavy atom. The average Bonchev–Trinajstić information content (AvgIpc) is 3.03. The first-order valence-electron chi connectivity index (χ1n) is 10.2. The lowest BCUT2D eigenvalue weighted by molar-refractivity contribution is -0.426. The Hall–Kier alpha value is -3.30. The van der Waals surface area contributed by atoms with Gasteiger partial charge >= 0.3 is 17.9 Å². The van der Waals surface area contributed by atoms with Crippen molar-refractivity contribution in [3.63, 3.8) is 0 Å². The minimum atomic E-state index is -1.55. The van der Waals surface area contributed by atoms with Crippen LogP contribution in [0.15, 0.2) is 36.4 Å². The number of anilines is 1. The van der Waals surface area contributed by atoms with Gasteiger partial charge in [-0.2, -0.15) is 9.69 Å². The SMILES string of the molecule is C=[N+](CCC)C(=O)N(Cc1cc(Cl)ccc1F)C(=O)C1C(=O)N(CC(=O)O)c2ccc(Cl)cc21. The molecule has 1 N–H and O–H groups in total. The number of amides is 4. The van der Waals surface area contributed by atoms with E-state index < -0.39 is 48.6 Å². The summed E-state index contributed by atoms with van der Waals surface area (Å²) in [5, 5.41) is 9.64. The molecule has 8 nitrogen and oxygen atoms in total. The van der Waals surface area contributed by atoms with Crippen molar-refractivity contribution >= 4 is 59.4 Å². The molecule has 1 aliphatic rings. The zero-order valence-corrected chi connectivity index (χ0v) is 19.6. The number of carboxylic acids is 1. The summed E-state index contributed by atoms with van der Waals surface area (Å²) in [6.45, 7) is 4.45. The molecule has 3 rings (SSSR count). The molecule has 0 saturated heterocycles. The van der Waals surface area contributed by atoms with Crippen molar-refractivity contribution in [3.8, 4) is 0 Å². The summed E-state index contributed by atoms with van der Waals surface area (Å²) in [5.41, 5.74) is 0.300. The molecule has 0 spiro atoms. The Labute approximate surface area is 204 Å². The molecule has 0 fully saturated rings. The molecule has 1 heterocycles. The van der Waals surface area contributed by atoms with Crippen molar-refractivity contribution in [2.45, 2.75) is 25.8 Å². The summed E-state index contributed by atoms with van der Waals surface area (Å²) >= 11 is 12.0. The van der Waals surface area contributed by atoms with E-state index in [9.17, 15) is 28.7 Å². The summed E-state index contributed by atoms with van der Waals surface area (Å²) < 4.78 is 15.5. The number of rotatable bonds is 7. The molecule has 0 aromatic heterocycles. The van der Waals surface area contributed by atoms with E-state index in [1.165, 1.54) is 30.3 Å². The van der Waals surface area contributed by atoms with E-state index in [-0.39, 0.29) is 33.4 Å². The molecule has 0 radical (unpaired) electrons. The number of urea groups is 1. The van der Waals surface area contributed by atoms with Gasteiger partial charge in [0.15, 0.2) is 5.92 Å². The lowest BCUT2D eigenvalue weighted by Gasteiger charge is -2.19. The molecule has 2 aromatic rings. The van der Waals surface area contributed by atoms with E-state index in [1.807, 2.05) is 0 Å². The highest BCUT2D eigenvalue weighted by Gasteiger charge is 2.49. The van der Waals surface area contributed by atoms with E-state index in [0.717, 1.165) is 20.4 Å². The molecular formula is C23H21Cl2FN3O5+. The fraction of sp³-hybridized carbons (Fsp3) is 0.261. The number of nitrogens with zero attached hydrogens (tertiary/aromatic N) is 3. The third-order valence-electron chi connectivity index (χ3n) is 5.24. The Balaban J connectivity index is 2.08. The van der Waals surface area contributed by atoms with E-state index in [0.29, 0.717) is 6.42 Å². The van der Waals surface area contributed by atoms with Crippen LogP contribution in [0.1, 0.15) is 30.4 Å². The average molecular weight is 509 g/mol. The largest absolute Gasteiger partial charge is 0.500 e. The number of carboxylic acid groups (broad SMARTS) is 1. The van der Waals surface area contributed by atoms with E-state index in [4.69, 9.17) is 23.2 Å². The Morgan fingerprint density at radius 3 is 2.47 bits per heavy atom. The van der Waals surface area contributed by atoms with Crippen molar-refractivity contribution < 1.29 is 33.3 Å². The third kappa shape index (κ3) is 5.10. The molecule has 1 atom stereocenters. The van der Waals surface area contributed by atoms with Crippen molar-refractivity contribution in [1.82, 2.24) is 4.90 Å². The van der Waals surface area contributed by atoms with Crippen LogP contribution in [-0.4, -0.2) is 58.2 Å². The van der Waals surface area contributed by atoms with Gasteiger partial charge in [0.05, 0.1) is 13.3 Å². The highest BCUT2D eigenvalue weighted by Crippen LogP contribution is 2.40. The number of aliphatic carboxylic acids is 1. The molecule has 11 heteroatoms. The Kier molecular flexibility index (Phi) is 7.68. The van der Waals surface area contributed by atoms with Gasteiger partial charge < -0.3 is 5.11 Å². The zero-order chi connectivity index (χ0) is 25.2. The second kappa shape index (κ2) is 10.3. The van der Waals surface area contributed by atoms with Crippen LogP contribution < -0.4 is 4.90 Å². The maximum absolute atomic E-state index is 14.5. The van der Waals surface area contributed by atoms with Gasteiger partial charge in [-0.1, -0.05) is 30.1 Å². The Bertz CT molecular complexity index is 1200. The predicted octanol–water partition coefficient (Wildman–Crippen LogP) is 3.92. The van der Waals surface area contributed by atoms with Gasteiger partial charge in [-0.3, -0.25) is 14.5 Å². The molecule has 4 amide bonds. The molecule has 1 aliphatic heterocycles. The van der Waals surface area contributed by atoms with Crippen molar-refractivity contribution in [2.24, 2.45) is 0 Å². The van der Waals surface area contributed by atoms with Crippen molar-refractivity contribution in [3.05, 3.63) is 63.4 Å². The number of halogens is 3. The number of imide groups is 1. The number of carbonyl (C=O) groups is 4. The molecule has 34 heavy (non-hydrogen) atoms. The van der Waals surface area contributed by atoms with E-state index in [2.05, 4.69) is 6.72 Å². The summed E-state index contributed by atoms with van der Waals surface area (Å²) in [5.74, 6) is -5.33. The van der Waals surface area contributed by atoms with Crippen LogP contribution in [-0.2, 0) is 20.9 Å². The fourth-order valence-electron chi connectivity index (χ4n) is 3.71. The molecule has 178 valence electrons. The topological polar surface area (TPSA) is 98.0 Å². The maximum Gasteiger partial charge on any atom is 0.500 e. The maximum atomic E-state index is 14.5. The standard InChI is InChI=1S/C23H20Cl2FN3O5/c1-3-8-27(2)23(34)29(11-13-9-14(24)4-6-17(13)26)22(33)20-16-10-15(25)5-7-18(16)28(21(20)32)12-19(30)31/h4-7,9-10,20H,2-3,8,11-12H2,1H3/p+1. The second-order valence-corrected chi connectivity index (χ2v) is 8.53. The first kappa shape index (κ1) is 25.3. The fourth-order valence-corrected chi connectivity index (χ4v) is 4.09. The van der Waals surface area contributed by atoms with Gasteiger partial charge in [-0.25, -0.2) is 13.8 Å². The summed E-state index contributed by atoms with van der Waals surface area (Å²) in [4.78, 5) is 53.0. The van der Waals surface area contributed by atoms with Gasteiger partial charge in [0.1, 0.15) is 18.9 Å². The summed E-state index contributed by atoms with van der Waals surface area (Å²) in [7, 11) is 0. The van der Waals surface area contributed by atoms with E-state index >= 15 is 0 Å². The zero-order valence-electron chi connectivity index (χ0n) is 18.1. The van der Waals surface area contributed by atoms with Crippen LogP contribution >= 0.6 is 23.2 Å². The number of hydrogen-bond acceptors (Lipinski definition) is 4. The first-order valence-corrected chi connectivity index (χ1v) is 11.0. The Morgan fingerprint density at radius 1 is 1.18 bits per heavy atom. The number of benzene rings is 2. The lowest BCUT2D eigenvalue weighted by atomic mass is 9.99. The second-order valence-electron chi connectivity index (χ2n) is 7.66. The molecular weight excluding hydrogens is 488 g/mol. The van der Waals surface area contributed by atoms with Crippen LogP contribution in [0.3, 0.4) is 0 Å². The van der Waals surface area contributed by atoms with Gasteiger partial charge in [0.25, 0.3) is 0 Å². The minimum absolute atomic E-state index is 0.0433. The normalized spacial score (nSPS) is 14.6. The van der Waals surface area contributed by atoms with Crippen LogP contribution in [0.5, 0.6) is 0 Å². The van der Waals surface area contributed by atoms with Crippen LogP contribution in [0.25, 0.3) is 0 Å². The summed E-state index contributed by atoms with van der Waals surface area (Å²) in [6, 6.07) is 7.10.